The molecule has 0 fully saturated rings. The molecule has 0 saturated heterocycles. The van der Waals surface area contributed by atoms with Crippen molar-refractivity contribution in [2.24, 2.45) is 20.5 Å². The van der Waals surface area contributed by atoms with E-state index in [0.717, 1.165) is 20.3 Å². The lowest BCUT2D eigenvalue weighted by molar-refractivity contribution is 0.282. The summed E-state index contributed by atoms with van der Waals surface area (Å²) in [6, 6.07) is 4.77. The fraction of sp³-hybridized carbons (Fsp3) is 0.241. The lowest BCUT2D eigenvalue weighted by atomic mass is 10.0. The van der Waals surface area contributed by atoms with Gasteiger partial charge in [-0.05, 0) is 30.3 Å². The summed E-state index contributed by atoms with van der Waals surface area (Å²) >= 11 is 0. The van der Waals surface area contributed by atoms with Gasteiger partial charge in [0.25, 0.3) is 30.4 Å². The van der Waals surface area contributed by atoms with Crippen molar-refractivity contribution < 1.29 is 105 Å². The van der Waals surface area contributed by atoms with E-state index in [-0.39, 0.29) is 28.6 Å². The Morgan fingerprint density at radius 2 is 1.03 bits per heavy atom. The summed E-state index contributed by atoms with van der Waals surface area (Å²) in [5.74, 6) is -4.46. The molecule has 0 saturated carbocycles. The van der Waals surface area contributed by atoms with Gasteiger partial charge < -0.3 is 19.9 Å². The number of sulfone groups is 2. The summed E-state index contributed by atoms with van der Waals surface area (Å²) < 4.78 is 237. The molecule has 4 rings (SSSR count). The first kappa shape index (κ1) is 52.5. The zero-order valence-electron chi connectivity index (χ0n) is 32.5. The van der Waals surface area contributed by atoms with Crippen LogP contribution in [0.1, 0.15) is 0 Å². The highest BCUT2D eigenvalue weighted by Crippen LogP contribution is 2.48. The summed E-state index contributed by atoms with van der Waals surface area (Å²) in [6.07, 6.45) is 0. The van der Waals surface area contributed by atoms with Crippen molar-refractivity contribution >= 4 is 110 Å². The number of rotatable bonds is 20. The van der Waals surface area contributed by atoms with Crippen LogP contribution in [0.2, 0.25) is 0 Å². The minimum atomic E-state index is -5.68. The molecule has 0 atom stereocenters. The van der Waals surface area contributed by atoms with Crippen molar-refractivity contribution in [2.45, 2.75) is 24.5 Å². The Morgan fingerprint density at radius 3 is 1.51 bits per heavy atom. The van der Waals surface area contributed by atoms with Gasteiger partial charge in [0.05, 0.1) is 49.5 Å². The summed E-state index contributed by atoms with van der Waals surface area (Å²) in [4.78, 5) is -6.42. The van der Waals surface area contributed by atoms with Crippen LogP contribution in [0.5, 0.6) is 17.2 Å². The molecule has 0 aliphatic heterocycles. The lowest BCUT2D eigenvalue weighted by Gasteiger charge is -2.15. The van der Waals surface area contributed by atoms with E-state index in [4.69, 9.17) is 18.6 Å². The highest BCUT2D eigenvalue weighted by molar-refractivity contribution is 7.93. The molecule has 358 valence electrons. The van der Waals surface area contributed by atoms with E-state index in [1.807, 2.05) is 0 Å². The number of methoxy groups -OCH3 is 2. The Bertz CT molecular complexity index is 3450. The number of fused-ring (bicyclic) bond motifs is 1. The van der Waals surface area contributed by atoms with Crippen molar-refractivity contribution in [1.29, 1.82) is 0 Å². The Morgan fingerprint density at radius 1 is 0.523 bits per heavy atom. The smallest absolute Gasteiger partial charge is 0.397 e. The Labute approximate surface area is 368 Å². The second kappa shape index (κ2) is 19.0. The summed E-state index contributed by atoms with van der Waals surface area (Å²) in [7, 11) is -33.3. The lowest BCUT2D eigenvalue weighted by Crippen LogP contribution is -2.18. The van der Waals surface area contributed by atoms with Crippen molar-refractivity contribution in [3.63, 3.8) is 0 Å². The maximum atomic E-state index is 13.2. The van der Waals surface area contributed by atoms with Crippen LogP contribution in [0, 0.1) is 0 Å². The standard InChI is InChI=1S/C29H31N5O24S7/c1-30-17-5-4-15-16(27(17)33-32-19-12-24(60(38,39)9-7-58-65(52,53)54)25(62(43,44)45)14-22(19)61(40,41)42)10-26(63(46,47)48)28(29(15)56-3)34-31-18-11-21(55-2)23(13-20(18)35)59(36,37)8-6-57-64(49,50)51/h4-5,10-14,30,35H,6-9H2,1-3H3,(H,40,41,42)(H,43,44,45)(H,46,47,48)(H,49,50,51)(H,52,53,54)/b33-32+,34-31+. The van der Waals surface area contributed by atoms with Gasteiger partial charge in [-0.3, -0.25) is 22.8 Å². The van der Waals surface area contributed by atoms with Gasteiger partial charge in [-0.15, -0.1) is 20.5 Å². The van der Waals surface area contributed by atoms with Gasteiger partial charge in [0, 0.05) is 30.0 Å². The van der Waals surface area contributed by atoms with Crippen LogP contribution in [0.15, 0.2) is 87.4 Å². The second-order valence-electron chi connectivity index (χ2n) is 12.3. The minimum Gasteiger partial charge on any atom is -0.506 e. The normalized spacial score (nSPS) is 13.5. The molecule has 0 unspecified atom stereocenters. The highest BCUT2D eigenvalue weighted by Gasteiger charge is 2.32. The van der Waals surface area contributed by atoms with E-state index >= 15 is 0 Å². The molecule has 4 aromatic rings. The molecule has 0 aromatic heterocycles. The van der Waals surface area contributed by atoms with Crippen LogP contribution in [0.25, 0.3) is 10.8 Å². The largest absolute Gasteiger partial charge is 0.506 e. The molecular weight excluding hydrogens is 1030 g/mol. The molecular formula is C29H31N5O24S7. The van der Waals surface area contributed by atoms with Crippen molar-refractivity contribution in [3.8, 4) is 17.2 Å². The minimum absolute atomic E-state index is 0.0308. The zero-order chi connectivity index (χ0) is 49.3. The molecule has 7 N–H and O–H groups in total. The van der Waals surface area contributed by atoms with E-state index in [9.17, 15) is 77.7 Å². The monoisotopic (exact) mass is 1060 g/mol. The molecule has 0 aliphatic rings. The van der Waals surface area contributed by atoms with Crippen molar-refractivity contribution in [2.75, 3.05) is 51.3 Å². The number of ether oxygens (including phenoxy) is 2. The number of benzene rings is 4. The number of anilines is 1. The fourth-order valence-electron chi connectivity index (χ4n) is 5.41. The first-order valence-corrected chi connectivity index (χ1v) is 26.9. The Balaban J connectivity index is 1.99. The van der Waals surface area contributed by atoms with E-state index in [0.29, 0.717) is 12.1 Å². The fourth-order valence-corrected chi connectivity index (χ4v) is 11.3. The maximum Gasteiger partial charge on any atom is 0.397 e. The predicted molar refractivity (Wildman–Crippen MR) is 218 cm³/mol. The van der Waals surface area contributed by atoms with E-state index in [1.165, 1.54) is 19.2 Å². The molecule has 0 aliphatic carbocycles. The number of nitrogens with one attached hydrogen (secondary N) is 1. The number of azo groups is 2. The van der Waals surface area contributed by atoms with Crippen LogP contribution in [0.3, 0.4) is 0 Å². The molecule has 0 radical (unpaired) electrons. The molecule has 0 spiro atoms. The van der Waals surface area contributed by atoms with Gasteiger partial charge >= 0.3 is 20.8 Å². The van der Waals surface area contributed by atoms with Crippen molar-refractivity contribution in [3.05, 3.63) is 42.5 Å². The highest BCUT2D eigenvalue weighted by atomic mass is 32.3. The summed E-state index contributed by atoms with van der Waals surface area (Å²) in [6.45, 7) is -2.39. The summed E-state index contributed by atoms with van der Waals surface area (Å²) in [5.41, 5.74) is -3.12. The van der Waals surface area contributed by atoms with E-state index < -0.39 is 160 Å². The number of phenols is 1. The Kier molecular flexibility index (Phi) is 15.4. The average molecular weight is 1060 g/mol. The van der Waals surface area contributed by atoms with Gasteiger partial charge in [0.15, 0.2) is 25.4 Å². The van der Waals surface area contributed by atoms with Crippen LogP contribution >= 0.6 is 0 Å². The number of phenolic OH excluding ortho intramolecular Hbond substituents is 1. The average Bonchev–Trinajstić information content (AvgIpc) is 3.15. The topological polar surface area (TPSA) is 459 Å². The van der Waals surface area contributed by atoms with Crippen LogP contribution in [-0.2, 0) is 79.2 Å². The maximum absolute atomic E-state index is 13.2. The van der Waals surface area contributed by atoms with Gasteiger partial charge in [0.2, 0.25) is 0 Å². The SMILES string of the molecule is CNc1ccc2c(OC)c(/N=N/c3cc(OC)c(S(=O)(=O)CCOS(=O)(=O)O)cc3O)c(S(=O)(=O)O)cc2c1/N=N/c1cc(S(=O)(=O)CCOS(=O)(=O)O)c(S(=O)(=O)O)cc1S(=O)(=O)O. The summed E-state index contributed by atoms with van der Waals surface area (Å²) in [5, 5.41) is 27.9. The Hall–Kier alpha value is -5.09. The number of aromatic hydroxyl groups is 1. The number of hydrogen-bond donors (Lipinski definition) is 7. The zero-order valence-corrected chi connectivity index (χ0v) is 38.3. The van der Waals surface area contributed by atoms with Crippen LogP contribution in [-0.4, -0.2) is 133 Å². The second-order valence-corrected chi connectivity index (χ2v) is 22.8. The molecule has 29 nitrogen and oxygen atoms in total. The first-order chi connectivity index (χ1) is 29.6. The molecule has 0 amide bonds. The van der Waals surface area contributed by atoms with Gasteiger partial charge in [-0.1, -0.05) is 0 Å². The third-order valence-electron chi connectivity index (χ3n) is 8.13. The van der Waals surface area contributed by atoms with Gasteiger partial charge in [-0.2, -0.15) is 42.1 Å². The molecule has 4 aromatic carbocycles. The quantitative estimate of drug-likeness (QED) is 0.0493. The number of nitrogens with zero attached hydrogens (tertiary/aromatic N) is 4. The molecule has 65 heavy (non-hydrogen) atoms. The third-order valence-corrected chi connectivity index (χ3v) is 15.2. The first-order valence-electron chi connectivity index (χ1n) is 16.5. The van der Waals surface area contributed by atoms with Gasteiger partial charge in [0.1, 0.15) is 53.8 Å². The third kappa shape index (κ3) is 12.8. The van der Waals surface area contributed by atoms with E-state index in [1.54, 1.807) is 0 Å². The molecule has 0 bridgehead atoms. The van der Waals surface area contributed by atoms with Crippen LogP contribution in [0.4, 0.5) is 28.4 Å². The van der Waals surface area contributed by atoms with Crippen LogP contribution < -0.4 is 14.8 Å². The van der Waals surface area contributed by atoms with Crippen molar-refractivity contribution in [1.82, 2.24) is 0 Å². The molecule has 0 heterocycles. The van der Waals surface area contributed by atoms with E-state index in [2.05, 4.69) is 34.1 Å². The number of hydrogen-bond acceptors (Lipinski definition) is 24. The van der Waals surface area contributed by atoms with Gasteiger partial charge in [-0.25, -0.2) is 25.2 Å². The predicted octanol–water partition coefficient (Wildman–Crippen LogP) is 2.36. The molecule has 36 heteroatoms.